The van der Waals surface area contributed by atoms with Gasteiger partial charge >= 0.3 is 6.09 Å². The number of nitrogens with one attached hydrogen (secondary N) is 4. The molecule has 2 amide bonds. The fourth-order valence-corrected chi connectivity index (χ4v) is 6.52. The van der Waals surface area contributed by atoms with Crippen LogP contribution in [-0.2, 0) is 14.3 Å². The topological polar surface area (TPSA) is 165 Å². The molecule has 54 heavy (non-hydrogen) atoms. The van der Waals surface area contributed by atoms with Gasteiger partial charge in [-0.3, -0.25) is 14.9 Å². The Labute approximate surface area is 319 Å². The van der Waals surface area contributed by atoms with Gasteiger partial charge in [-0.2, -0.15) is 0 Å². The number of H-pyrrole nitrogens is 1. The number of aliphatic hydroxyl groups excluding tert-OH is 1. The van der Waals surface area contributed by atoms with Crippen molar-refractivity contribution in [1.82, 2.24) is 20.5 Å². The third-order valence-corrected chi connectivity index (χ3v) is 9.25. The van der Waals surface area contributed by atoms with Crippen LogP contribution >= 0.6 is 11.6 Å². The number of rotatable bonds is 16. The Bertz CT molecular complexity index is 2040. The third-order valence-electron chi connectivity index (χ3n) is 9.10. The van der Waals surface area contributed by atoms with Gasteiger partial charge in [0.15, 0.2) is 0 Å². The first-order chi connectivity index (χ1) is 26.1. The number of aromatic nitrogens is 1. The Morgan fingerprint density at radius 2 is 1.80 bits per heavy atom. The number of allylic oxidation sites excluding steroid dienone is 2. The smallest absolute Gasteiger partial charge is 0.411 e. The zero-order valence-corrected chi connectivity index (χ0v) is 30.9. The monoisotopic (exact) mass is 755 g/mol. The molecule has 1 aromatic heterocycles. The normalized spacial score (nSPS) is 14.7. The van der Waals surface area contributed by atoms with Crippen molar-refractivity contribution in [3.05, 3.63) is 131 Å². The number of methoxy groups -OCH3 is 1. The summed E-state index contributed by atoms with van der Waals surface area (Å²) in [4.78, 5) is 42.1. The number of aromatic amines is 1. The molecule has 0 spiro atoms. The minimum atomic E-state index is -0.952. The Morgan fingerprint density at radius 3 is 2.54 bits per heavy atom. The van der Waals surface area contributed by atoms with E-state index in [4.69, 9.17) is 21.1 Å². The molecule has 0 unspecified atom stereocenters. The SMILES string of the molecule is C=C(/C=C(OC)\C(=C/CCl)CNC[C@H](O)c1ccc(O)c2[nH]c(=O)ccc12)NC(=O)CCN1CCC(OC(=O)Nc2ccccc2-c2ccccc2)CC1. The maximum atomic E-state index is 12.8. The second kappa shape index (κ2) is 19.6. The maximum Gasteiger partial charge on any atom is 0.411 e. The van der Waals surface area contributed by atoms with E-state index in [2.05, 4.69) is 32.4 Å². The van der Waals surface area contributed by atoms with E-state index in [9.17, 15) is 24.6 Å². The predicted molar refractivity (Wildman–Crippen MR) is 211 cm³/mol. The Kier molecular flexibility index (Phi) is 14.5. The molecule has 1 aliphatic rings. The molecule has 0 aliphatic carbocycles. The van der Waals surface area contributed by atoms with Crippen LogP contribution in [0.3, 0.4) is 0 Å². The summed E-state index contributed by atoms with van der Waals surface area (Å²) in [6.07, 6.45) is 3.29. The Balaban J connectivity index is 1.04. The lowest BCUT2D eigenvalue weighted by Crippen LogP contribution is -2.40. The lowest BCUT2D eigenvalue weighted by molar-refractivity contribution is -0.120. The van der Waals surface area contributed by atoms with Crippen molar-refractivity contribution in [2.24, 2.45) is 0 Å². The molecule has 4 aromatic rings. The molecule has 1 saturated heterocycles. The first-order valence-corrected chi connectivity index (χ1v) is 18.3. The highest BCUT2D eigenvalue weighted by Crippen LogP contribution is 2.29. The van der Waals surface area contributed by atoms with Gasteiger partial charge in [0, 0.05) is 79.4 Å². The van der Waals surface area contributed by atoms with Crippen molar-refractivity contribution in [1.29, 1.82) is 0 Å². The van der Waals surface area contributed by atoms with Gasteiger partial charge in [0.05, 0.1) is 24.4 Å². The van der Waals surface area contributed by atoms with Gasteiger partial charge in [-0.1, -0.05) is 67.3 Å². The number of carbonyl (C=O) groups excluding carboxylic acids is 2. The van der Waals surface area contributed by atoms with Gasteiger partial charge in [-0.25, -0.2) is 4.79 Å². The number of para-hydroxylation sites is 1. The number of fused-ring (bicyclic) bond motifs is 1. The summed E-state index contributed by atoms with van der Waals surface area (Å²) in [6.45, 7) is 6.33. The van der Waals surface area contributed by atoms with Crippen molar-refractivity contribution in [3.8, 4) is 16.9 Å². The Morgan fingerprint density at radius 1 is 1.06 bits per heavy atom. The van der Waals surface area contributed by atoms with Gasteiger partial charge in [0.25, 0.3) is 0 Å². The molecule has 2 heterocycles. The molecule has 1 aliphatic heterocycles. The molecule has 284 valence electrons. The van der Waals surface area contributed by atoms with E-state index < -0.39 is 12.2 Å². The number of hydrogen-bond acceptors (Lipinski definition) is 9. The van der Waals surface area contributed by atoms with Gasteiger partial charge < -0.3 is 40.2 Å². The summed E-state index contributed by atoms with van der Waals surface area (Å²) >= 11 is 6.04. The number of aliphatic hydroxyl groups is 1. The molecule has 5 rings (SSSR count). The number of phenols is 1. The highest BCUT2D eigenvalue weighted by atomic mass is 35.5. The number of pyridine rings is 1. The zero-order chi connectivity index (χ0) is 38.5. The van der Waals surface area contributed by atoms with Crippen molar-refractivity contribution in [2.75, 3.05) is 51.0 Å². The summed E-state index contributed by atoms with van der Waals surface area (Å²) in [5.74, 6) is 0.346. The lowest BCUT2D eigenvalue weighted by Gasteiger charge is -2.31. The second-order valence-corrected chi connectivity index (χ2v) is 13.1. The number of phenolic OH excluding ortho intramolecular Hbond substituents is 1. The largest absolute Gasteiger partial charge is 0.506 e. The molecule has 1 fully saturated rings. The van der Waals surface area contributed by atoms with Crippen LogP contribution in [0.15, 0.2) is 119 Å². The molecule has 12 nitrogen and oxygen atoms in total. The molecule has 13 heteroatoms. The molecule has 0 radical (unpaired) electrons. The van der Waals surface area contributed by atoms with Crippen molar-refractivity contribution < 1.29 is 29.3 Å². The number of alkyl halides is 1. The summed E-state index contributed by atoms with van der Waals surface area (Å²) in [5.41, 5.74) is 4.07. The predicted octanol–water partition coefficient (Wildman–Crippen LogP) is 5.95. The number of ether oxygens (including phenoxy) is 2. The number of piperidine rings is 1. The molecule has 0 saturated carbocycles. The van der Waals surface area contributed by atoms with Crippen LogP contribution < -0.4 is 21.5 Å². The van der Waals surface area contributed by atoms with E-state index in [0.717, 1.165) is 11.1 Å². The van der Waals surface area contributed by atoms with E-state index in [1.807, 2.05) is 54.6 Å². The fraction of sp³-hybridized carbons (Fsp3) is 0.293. The van der Waals surface area contributed by atoms with Gasteiger partial charge in [-0.05, 0) is 42.2 Å². The van der Waals surface area contributed by atoms with Gasteiger partial charge in [0.1, 0.15) is 17.6 Å². The summed E-state index contributed by atoms with van der Waals surface area (Å²) < 4.78 is 11.3. The van der Waals surface area contributed by atoms with Crippen LogP contribution in [0.2, 0.25) is 0 Å². The molecule has 1 atom stereocenters. The van der Waals surface area contributed by atoms with E-state index in [0.29, 0.717) is 66.1 Å². The summed E-state index contributed by atoms with van der Waals surface area (Å²) in [6, 6.07) is 23.4. The number of anilines is 1. The number of hydrogen-bond donors (Lipinski definition) is 6. The van der Waals surface area contributed by atoms with Crippen molar-refractivity contribution in [3.63, 3.8) is 0 Å². The minimum Gasteiger partial charge on any atom is -0.506 e. The lowest BCUT2D eigenvalue weighted by atomic mass is 10.0. The highest BCUT2D eigenvalue weighted by molar-refractivity contribution is 6.19. The van der Waals surface area contributed by atoms with E-state index in [1.54, 1.807) is 24.3 Å². The molecule has 0 bridgehead atoms. The number of aromatic hydroxyl groups is 1. The quantitative estimate of drug-likeness (QED) is 0.0461. The van der Waals surface area contributed by atoms with E-state index in [1.165, 1.54) is 19.2 Å². The van der Waals surface area contributed by atoms with Crippen LogP contribution in [0.4, 0.5) is 10.5 Å². The second-order valence-electron chi connectivity index (χ2n) is 12.8. The van der Waals surface area contributed by atoms with E-state index >= 15 is 0 Å². The zero-order valence-electron chi connectivity index (χ0n) is 30.1. The first kappa shape index (κ1) is 39.8. The number of amides is 2. The summed E-state index contributed by atoms with van der Waals surface area (Å²) in [7, 11) is 1.50. The van der Waals surface area contributed by atoms with Crippen LogP contribution in [0, 0.1) is 0 Å². The Hall–Kier alpha value is -5.40. The average Bonchev–Trinajstić information content (AvgIpc) is 3.17. The third kappa shape index (κ3) is 11.1. The number of halogens is 1. The number of likely N-dealkylation sites (tertiary alicyclic amines) is 1. The number of benzene rings is 3. The molecular weight excluding hydrogens is 710 g/mol. The standard InChI is InChI=1S/C41H46ClN5O7/c1-27(24-37(53-2)29(16-20-42)25-43-26-36(49)32-12-14-35(48)40-33(32)13-15-38(50)46-40)44-39(51)19-23-47-21-17-30(18-22-47)54-41(52)45-34-11-7-6-10-31(34)28-8-4-3-5-9-28/h3-16,24,30,36,43,48-49H,1,17-23,25-26H2,2H3,(H,44,51)(H,45,52)(H,46,50)/b29-16-,37-24+/t36-/m0/s1. The molecular formula is C41H46ClN5O7. The number of carbonyl (C=O) groups is 2. The molecule has 3 aromatic carbocycles. The summed E-state index contributed by atoms with van der Waals surface area (Å²) in [5, 5.41) is 30.5. The van der Waals surface area contributed by atoms with Crippen LogP contribution in [0.1, 0.15) is 30.9 Å². The molecule has 6 N–H and O–H groups in total. The van der Waals surface area contributed by atoms with E-state index in [-0.39, 0.29) is 54.2 Å². The van der Waals surface area contributed by atoms with Crippen LogP contribution in [-0.4, -0.2) is 83.9 Å². The van der Waals surface area contributed by atoms with Gasteiger partial charge in [0.2, 0.25) is 11.5 Å². The van der Waals surface area contributed by atoms with Crippen molar-refractivity contribution >= 4 is 40.2 Å². The highest BCUT2D eigenvalue weighted by Gasteiger charge is 2.23. The first-order valence-electron chi connectivity index (χ1n) is 17.7. The fourth-order valence-electron chi connectivity index (χ4n) is 6.34. The average molecular weight is 756 g/mol. The number of nitrogens with zero attached hydrogens (tertiary/aromatic N) is 1. The van der Waals surface area contributed by atoms with Crippen LogP contribution in [0.25, 0.3) is 22.0 Å². The maximum absolute atomic E-state index is 12.8. The minimum absolute atomic E-state index is 0.0865. The van der Waals surface area contributed by atoms with Crippen LogP contribution in [0.5, 0.6) is 5.75 Å². The van der Waals surface area contributed by atoms with Gasteiger partial charge in [-0.15, -0.1) is 11.6 Å². The van der Waals surface area contributed by atoms with Crippen molar-refractivity contribution in [2.45, 2.75) is 31.5 Å².